The number of nitrogens with two attached hydrogens (primary N) is 1. The summed E-state index contributed by atoms with van der Waals surface area (Å²) in [7, 11) is 0. The Morgan fingerprint density at radius 2 is 1.92 bits per heavy atom. The number of carbonyl (C=O) groups is 1. The third-order valence-corrected chi connectivity index (χ3v) is 4.72. The number of amides is 1. The molecule has 0 aliphatic carbocycles. The van der Waals surface area contributed by atoms with Gasteiger partial charge in [0, 0.05) is 34.3 Å². The Kier molecular flexibility index (Phi) is 5.08. The number of carbonyl (C=O) groups excluding carboxylic acids is 1. The van der Waals surface area contributed by atoms with Crippen molar-refractivity contribution < 1.29 is 19.2 Å². The smallest absolute Gasteiger partial charge is 0.274 e. The highest BCUT2D eigenvalue weighted by atomic mass is 32.2. The SMILES string of the molecule is NC(=O)c1ccc(CSc2ccc3c(c2)OCCCO3)c([N+](=O)[O-])c1. The minimum atomic E-state index is -0.690. The van der Waals surface area contributed by atoms with Crippen molar-refractivity contribution in [3.05, 3.63) is 57.6 Å². The number of benzene rings is 2. The molecule has 1 aliphatic heterocycles. The van der Waals surface area contributed by atoms with Crippen LogP contribution in [0.4, 0.5) is 5.69 Å². The van der Waals surface area contributed by atoms with Gasteiger partial charge in [-0.2, -0.15) is 0 Å². The predicted molar refractivity (Wildman–Crippen MR) is 93.2 cm³/mol. The molecule has 7 nitrogen and oxygen atoms in total. The second kappa shape index (κ2) is 7.43. The molecule has 1 amide bonds. The van der Waals surface area contributed by atoms with Gasteiger partial charge in [-0.25, -0.2) is 0 Å². The lowest BCUT2D eigenvalue weighted by Gasteiger charge is -2.09. The van der Waals surface area contributed by atoms with Crippen molar-refractivity contribution in [3.8, 4) is 11.5 Å². The van der Waals surface area contributed by atoms with E-state index >= 15 is 0 Å². The summed E-state index contributed by atoms with van der Waals surface area (Å²) in [5, 5.41) is 11.2. The molecule has 8 heteroatoms. The van der Waals surface area contributed by atoms with Crippen LogP contribution in [-0.2, 0) is 5.75 Å². The summed E-state index contributed by atoms with van der Waals surface area (Å²) >= 11 is 1.44. The molecule has 0 radical (unpaired) electrons. The summed E-state index contributed by atoms with van der Waals surface area (Å²) in [6.07, 6.45) is 0.829. The van der Waals surface area contributed by atoms with Crippen LogP contribution in [0.3, 0.4) is 0 Å². The van der Waals surface area contributed by atoms with Gasteiger partial charge in [0.2, 0.25) is 5.91 Å². The van der Waals surface area contributed by atoms with Crippen molar-refractivity contribution in [2.75, 3.05) is 13.2 Å². The first-order valence-corrected chi connectivity index (χ1v) is 8.63. The molecule has 0 atom stereocenters. The Hall–Kier alpha value is -2.74. The molecule has 3 rings (SSSR count). The van der Waals surface area contributed by atoms with E-state index in [0.29, 0.717) is 36.0 Å². The molecule has 2 N–H and O–H groups in total. The molecule has 0 saturated heterocycles. The summed E-state index contributed by atoms with van der Waals surface area (Å²) in [6.45, 7) is 1.22. The first kappa shape index (κ1) is 17.1. The lowest BCUT2D eigenvalue weighted by Crippen LogP contribution is -2.11. The monoisotopic (exact) mass is 360 g/mol. The fourth-order valence-electron chi connectivity index (χ4n) is 2.40. The topological polar surface area (TPSA) is 105 Å². The van der Waals surface area contributed by atoms with Gasteiger partial charge in [-0.15, -0.1) is 11.8 Å². The average Bonchev–Trinajstić information content (AvgIpc) is 2.84. The highest BCUT2D eigenvalue weighted by Gasteiger charge is 2.17. The van der Waals surface area contributed by atoms with Crippen LogP contribution in [0.2, 0.25) is 0 Å². The van der Waals surface area contributed by atoms with Gasteiger partial charge in [-0.1, -0.05) is 6.07 Å². The van der Waals surface area contributed by atoms with Crippen molar-refractivity contribution >= 4 is 23.4 Å². The fourth-order valence-corrected chi connectivity index (χ4v) is 3.32. The summed E-state index contributed by atoms with van der Waals surface area (Å²) < 4.78 is 11.2. The number of fused-ring (bicyclic) bond motifs is 1. The quantitative estimate of drug-likeness (QED) is 0.499. The van der Waals surface area contributed by atoms with Crippen LogP contribution in [0.5, 0.6) is 11.5 Å². The van der Waals surface area contributed by atoms with Crippen molar-refractivity contribution in [3.63, 3.8) is 0 Å². The number of thioether (sulfide) groups is 1. The summed E-state index contributed by atoms with van der Waals surface area (Å²) in [5.41, 5.74) is 5.71. The molecule has 2 aromatic carbocycles. The number of nitro benzene ring substituents is 1. The van der Waals surface area contributed by atoms with E-state index in [9.17, 15) is 14.9 Å². The van der Waals surface area contributed by atoms with E-state index < -0.39 is 10.8 Å². The lowest BCUT2D eigenvalue weighted by molar-refractivity contribution is -0.385. The van der Waals surface area contributed by atoms with E-state index in [1.807, 2.05) is 18.2 Å². The number of rotatable bonds is 5. The van der Waals surface area contributed by atoms with Crippen molar-refractivity contribution in [1.82, 2.24) is 0 Å². The molecule has 130 valence electrons. The van der Waals surface area contributed by atoms with Crippen LogP contribution in [-0.4, -0.2) is 24.0 Å². The summed E-state index contributed by atoms with van der Waals surface area (Å²) in [5.74, 6) is 1.08. The Bertz CT molecular complexity index is 825. The van der Waals surface area contributed by atoms with Gasteiger partial charge in [0.25, 0.3) is 5.69 Å². The minimum Gasteiger partial charge on any atom is -0.490 e. The highest BCUT2D eigenvalue weighted by molar-refractivity contribution is 7.98. The Morgan fingerprint density at radius 1 is 1.16 bits per heavy atom. The molecule has 0 saturated carbocycles. The Morgan fingerprint density at radius 3 is 2.64 bits per heavy atom. The Balaban J connectivity index is 1.78. The number of hydrogen-bond donors (Lipinski definition) is 1. The van der Waals surface area contributed by atoms with E-state index in [0.717, 1.165) is 11.3 Å². The molecule has 0 fully saturated rings. The molecular weight excluding hydrogens is 344 g/mol. The maximum atomic E-state index is 11.2. The van der Waals surface area contributed by atoms with Gasteiger partial charge in [-0.05, 0) is 24.3 Å². The maximum Gasteiger partial charge on any atom is 0.274 e. The molecule has 1 heterocycles. The third kappa shape index (κ3) is 4.03. The molecular formula is C17H16N2O5S. The minimum absolute atomic E-state index is 0.113. The predicted octanol–water partition coefficient (Wildman–Crippen LogP) is 3.15. The molecule has 0 spiro atoms. The van der Waals surface area contributed by atoms with Crippen molar-refractivity contribution in [2.45, 2.75) is 17.1 Å². The van der Waals surface area contributed by atoms with Crippen molar-refractivity contribution in [1.29, 1.82) is 0 Å². The molecule has 0 aromatic heterocycles. The molecule has 25 heavy (non-hydrogen) atoms. The Labute approximate surface area is 148 Å². The molecule has 0 bridgehead atoms. The number of nitrogens with zero attached hydrogens (tertiary/aromatic N) is 1. The number of hydrogen-bond acceptors (Lipinski definition) is 6. The third-order valence-electron chi connectivity index (χ3n) is 3.68. The van der Waals surface area contributed by atoms with E-state index in [4.69, 9.17) is 15.2 Å². The van der Waals surface area contributed by atoms with E-state index in [2.05, 4.69) is 0 Å². The lowest BCUT2D eigenvalue weighted by atomic mass is 10.1. The van der Waals surface area contributed by atoms with Crippen LogP contribution in [0.25, 0.3) is 0 Å². The number of nitro groups is 1. The van der Waals surface area contributed by atoms with Gasteiger partial charge in [-0.3, -0.25) is 14.9 Å². The molecule has 2 aromatic rings. The maximum absolute atomic E-state index is 11.2. The van der Waals surface area contributed by atoms with Crippen LogP contribution >= 0.6 is 11.8 Å². The molecule has 1 aliphatic rings. The van der Waals surface area contributed by atoms with E-state index in [1.165, 1.54) is 23.9 Å². The summed E-state index contributed by atoms with van der Waals surface area (Å²) in [6, 6.07) is 9.88. The second-order valence-corrected chi connectivity index (χ2v) is 6.46. The highest BCUT2D eigenvalue weighted by Crippen LogP contribution is 2.36. The van der Waals surface area contributed by atoms with Gasteiger partial charge < -0.3 is 15.2 Å². The van der Waals surface area contributed by atoms with E-state index in [-0.39, 0.29) is 11.3 Å². The van der Waals surface area contributed by atoms with Crippen LogP contribution in [0.15, 0.2) is 41.3 Å². The molecule has 0 unspecified atom stereocenters. The van der Waals surface area contributed by atoms with Crippen molar-refractivity contribution in [2.24, 2.45) is 5.73 Å². The standard InChI is InChI=1S/C17H16N2O5S/c18-17(20)11-2-3-12(14(8-11)19(21)22)10-25-13-4-5-15-16(9-13)24-7-1-6-23-15/h2-5,8-9H,1,6-7,10H2,(H2,18,20). The first-order valence-electron chi connectivity index (χ1n) is 7.64. The fraction of sp³-hybridized carbons (Fsp3) is 0.235. The first-order chi connectivity index (χ1) is 12.0. The van der Waals surface area contributed by atoms with Crippen LogP contribution in [0, 0.1) is 10.1 Å². The van der Waals surface area contributed by atoms with Gasteiger partial charge >= 0.3 is 0 Å². The number of primary amides is 1. The largest absolute Gasteiger partial charge is 0.490 e. The average molecular weight is 360 g/mol. The normalized spacial score (nSPS) is 13.1. The summed E-state index contributed by atoms with van der Waals surface area (Å²) in [4.78, 5) is 22.9. The zero-order valence-electron chi connectivity index (χ0n) is 13.3. The zero-order valence-corrected chi connectivity index (χ0v) is 14.1. The van der Waals surface area contributed by atoms with Gasteiger partial charge in [0.1, 0.15) is 0 Å². The van der Waals surface area contributed by atoms with Gasteiger partial charge in [0.05, 0.1) is 18.1 Å². The van der Waals surface area contributed by atoms with Crippen LogP contribution < -0.4 is 15.2 Å². The number of ether oxygens (including phenoxy) is 2. The second-order valence-electron chi connectivity index (χ2n) is 5.41. The zero-order chi connectivity index (χ0) is 17.8. The van der Waals surface area contributed by atoms with E-state index in [1.54, 1.807) is 6.07 Å². The van der Waals surface area contributed by atoms with Gasteiger partial charge in [0.15, 0.2) is 11.5 Å². The van der Waals surface area contributed by atoms with Crippen LogP contribution in [0.1, 0.15) is 22.3 Å².